The maximum atomic E-state index is 16.3. The van der Waals surface area contributed by atoms with Crippen LogP contribution in [-0.2, 0) is 11.2 Å². The number of carboxylic acids is 1. The molecular weight excluding hydrogens is 652 g/mol. The van der Waals surface area contributed by atoms with Crippen LogP contribution in [0.2, 0.25) is 0 Å². The predicted molar refractivity (Wildman–Crippen MR) is 171 cm³/mol. The van der Waals surface area contributed by atoms with Crippen molar-refractivity contribution < 1.29 is 41.5 Å². The van der Waals surface area contributed by atoms with E-state index in [1.165, 1.54) is 5.01 Å². The summed E-state index contributed by atoms with van der Waals surface area (Å²) < 4.78 is 59.2. The van der Waals surface area contributed by atoms with Gasteiger partial charge in [-0.2, -0.15) is 23.6 Å². The number of hydrogen-bond donors (Lipinski definition) is 4. The van der Waals surface area contributed by atoms with Gasteiger partial charge in [-0.25, -0.2) is 24.0 Å². The Balaban J connectivity index is 0.000000698. The molecule has 0 saturated carbocycles. The molecule has 3 unspecified atom stereocenters. The van der Waals surface area contributed by atoms with Gasteiger partial charge in [0.1, 0.15) is 12.3 Å². The summed E-state index contributed by atoms with van der Waals surface area (Å²) in [4.78, 5) is 32.5. The number of aromatic nitrogens is 3. The zero-order valence-electron chi connectivity index (χ0n) is 27.2. The van der Waals surface area contributed by atoms with Gasteiger partial charge in [-0.15, -0.1) is 0 Å². The Bertz CT molecular complexity index is 1720. The summed E-state index contributed by atoms with van der Waals surface area (Å²) in [5.41, 5.74) is 5.88. The van der Waals surface area contributed by atoms with Crippen molar-refractivity contribution in [3.8, 4) is 17.1 Å². The van der Waals surface area contributed by atoms with E-state index in [1.54, 1.807) is 37.4 Å². The number of amides is 2. The number of hydrogen-bond acceptors (Lipinski definition) is 10. The Morgan fingerprint density at radius 1 is 1.18 bits per heavy atom. The Morgan fingerprint density at radius 3 is 2.43 bits per heavy atom. The lowest BCUT2D eigenvalue weighted by atomic mass is 9.98. The van der Waals surface area contributed by atoms with Crippen LogP contribution in [0.25, 0.3) is 11.4 Å². The van der Waals surface area contributed by atoms with Crippen LogP contribution < -0.4 is 25.8 Å². The highest BCUT2D eigenvalue weighted by Gasteiger charge is 2.39. The van der Waals surface area contributed by atoms with Crippen LogP contribution in [0.4, 0.5) is 33.9 Å². The first-order valence-electron chi connectivity index (χ1n) is 15.0. The average molecular weight is 689 g/mol. The molecule has 3 heterocycles. The Morgan fingerprint density at radius 2 is 1.88 bits per heavy atom. The van der Waals surface area contributed by atoms with Crippen molar-refractivity contribution in [3.05, 3.63) is 83.6 Å². The number of carbonyl (C=O) groups excluding carboxylic acids is 1. The fourth-order valence-electron chi connectivity index (χ4n) is 4.86. The summed E-state index contributed by atoms with van der Waals surface area (Å²) >= 11 is 0. The number of alkyl halides is 3. The number of ether oxygens (including phenoxy) is 1. The molecule has 13 nitrogen and oxygen atoms in total. The van der Waals surface area contributed by atoms with Gasteiger partial charge in [-0.1, -0.05) is 24.2 Å². The first-order valence-corrected chi connectivity index (χ1v) is 15.0. The number of likely N-dealkylation sites (N-methyl/N-ethyl adjacent to an activating group) is 1. The number of halogens is 4. The summed E-state index contributed by atoms with van der Waals surface area (Å²) in [6.07, 6.45) is -3.79. The van der Waals surface area contributed by atoms with E-state index in [-0.39, 0.29) is 11.9 Å². The smallest absolute Gasteiger partial charge is 0.486 e. The number of carbonyl (C=O) groups is 2. The Kier molecular flexibility index (Phi) is 11.7. The van der Waals surface area contributed by atoms with E-state index < -0.39 is 36.2 Å². The number of nitrogens with zero attached hydrogens (tertiary/aromatic N) is 5. The third-order valence-corrected chi connectivity index (χ3v) is 7.02. The van der Waals surface area contributed by atoms with Gasteiger partial charge < -0.3 is 29.9 Å². The molecule has 4 aromatic rings. The van der Waals surface area contributed by atoms with Crippen LogP contribution in [0.5, 0.6) is 5.75 Å². The molecule has 262 valence electrons. The molecule has 17 heteroatoms. The van der Waals surface area contributed by atoms with Crippen LogP contribution in [-0.4, -0.2) is 76.2 Å². The molecule has 2 aromatic carbocycles. The number of anilines is 2. The van der Waals surface area contributed by atoms with Crippen molar-refractivity contribution in [3.63, 3.8) is 0 Å². The van der Waals surface area contributed by atoms with Crippen LogP contribution in [0, 0.1) is 12.7 Å². The van der Waals surface area contributed by atoms with E-state index in [2.05, 4.69) is 31.2 Å². The average Bonchev–Trinajstić information content (AvgIpc) is 3.66. The van der Waals surface area contributed by atoms with E-state index in [0.29, 0.717) is 41.7 Å². The maximum absolute atomic E-state index is 16.3. The molecule has 2 amide bonds. The van der Waals surface area contributed by atoms with Crippen LogP contribution in [0.3, 0.4) is 0 Å². The monoisotopic (exact) mass is 688 g/mol. The standard InChI is InChI=1S/C30H35FN8O3.C2HF3O2/c1-6-20-15-23(26(31)24(16-20)41-18(2)17-38(4)5)27(29-35-30(40)39(36-29)25-9-7-8-14-32-25)34-22-12-10-21(11-13-22)28-33-19(3)42-37-28;3-2(4,5)1(6)7/h7-16,18,27,29,34,36H,6,17H2,1-5H3,(H,35,40);(H,6,7). The van der Waals surface area contributed by atoms with Gasteiger partial charge in [0.25, 0.3) is 0 Å². The maximum Gasteiger partial charge on any atom is 0.490 e. The summed E-state index contributed by atoms with van der Waals surface area (Å²) in [5.74, 6) is -1.73. The van der Waals surface area contributed by atoms with Gasteiger partial charge in [0.15, 0.2) is 17.4 Å². The minimum Gasteiger partial charge on any atom is -0.486 e. The van der Waals surface area contributed by atoms with Crippen molar-refractivity contribution in [2.75, 3.05) is 31.0 Å². The molecule has 1 fully saturated rings. The quantitative estimate of drug-likeness (QED) is 0.151. The van der Waals surface area contributed by atoms with E-state index in [4.69, 9.17) is 19.2 Å². The number of carboxylic acid groups (broad SMARTS) is 1. The highest BCUT2D eigenvalue weighted by Crippen LogP contribution is 2.34. The zero-order chi connectivity index (χ0) is 35.9. The number of benzene rings is 2. The molecule has 1 saturated heterocycles. The lowest BCUT2D eigenvalue weighted by Gasteiger charge is -2.28. The third-order valence-electron chi connectivity index (χ3n) is 7.02. The van der Waals surface area contributed by atoms with Crippen molar-refractivity contribution >= 4 is 23.5 Å². The highest BCUT2D eigenvalue weighted by atomic mass is 19.4. The summed E-state index contributed by atoms with van der Waals surface area (Å²) in [5, 5.41) is 18.8. The van der Waals surface area contributed by atoms with E-state index >= 15 is 4.39 Å². The molecule has 2 aromatic heterocycles. The largest absolute Gasteiger partial charge is 0.490 e. The number of hydrazine groups is 1. The molecule has 0 spiro atoms. The topological polar surface area (TPSA) is 158 Å². The van der Waals surface area contributed by atoms with E-state index in [0.717, 1.165) is 11.1 Å². The molecule has 0 radical (unpaired) electrons. The lowest BCUT2D eigenvalue weighted by molar-refractivity contribution is -0.192. The van der Waals surface area contributed by atoms with Gasteiger partial charge in [-0.3, -0.25) is 0 Å². The van der Waals surface area contributed by atoms with Crippen LogP contribution in [0.15, 0.2) is 65.3 Å². The first kappa shape index (κ1) is 36.5. The highest BCUT2D eigenvalue weighted by molar-refractivity contribution is 5.92. The Labute approximate surface area is 279 Å². The molecule has 5 rings (SSSR count). The van der Waals surface area contributed by atoms with Crippen molar-refractivity contribution in [1.82, 2.24) is 30.8 Å². The fraction of sp³-hybridized carbons (Fsp3) is 0.344. The van der Waals surface area contributed by atoms with Gasteiger partial charge in [0.2, 0.25) is 11.7 Å². The summed E-state index contributed by atoms with van der Waals surface area (Å²) in [6.45, 7) is 6.26. The molecule has 3 atom stereocenters. The zero-order valence-corrected chi connectivity index (χ0v) is 27.2. The number of urea groups is 1. The van der Waals surface area contributed by atoms with Gasteiger partial charge >= 0.3 is 18.2 Å². The molecule has 0 aliphatic carbocycles. The molecule has 4 N–H and O–H groups in total. The lowest BCUT2D eigenvalue weighted by Crippen LogP contribution is -2.44. The van der Waals surface area contributed by atoms with Crippen molar-refractivity contribution in [2.24, 2.45) is 0 Å². The molecular formula is C32H36F4N8O5. The molecule has 1 aliphatic heterocycles. The number of aliphatic carboxylic acids is 1. The van der Waals surface area contributed by atoms with Crippen molar-refractivity contribution in [2.45, 2.75) is 51.7 Å². The summed E-state index contributed by atoms with van der Waals surface area (Å²) in [6, 6.07) is 15.1. The predicted octanol–water partition coefficient (Wildman–Crippen LogP) is 5.32. The first-order chi connectivity index (χ1) is 23.2. The third kappa shape index (κ3) is 9.64. The number of aryl methyl sites for hydroxylation is 2. The van der Waals surface area contributed by atoms with Crippen LogP contribution >= 0.6 is 0 Å². The molecule has 49 heavy (non-hydrogen) atoms. The number of pyridine rings is 1. The van der Waals surface area contributed by atoms with Crippen LogP contribution in [0.1, 0.15) is 36.9 Å². The fourth-order valence-corrected chi connectivity index (χ4v) is 4.86. The second-order valence-electron chi connectivity index (χ2n) is 11.3. The Hall–Kier alpha value is -5.29. The van der Waals surface area contributed by atoms with E-state index in [9.17, 15) is 18.0 Å². The minimum absolute atomic E-state index is 0.166. The van der Waals surface area contributed by atoms with Gasteiger partial charge in [0, 0.05) is 36.5 Å². The summed E-state index contributed by atoms with van der Waals surface area (Å²) in [7, 11) is 3.88. The normalized spacial score (nSPS) is 15.7. The number of rotatable bonds is 11. The number of nitrogens with one attached hydrogen (secondary N) is 3. The van der Waals surface area contributed by atoms with E-state index in [1.807, 2.05) is 63.2 Å². The second kappa shape index (κ2) is 15.7. The van der Waals surface area contributed by atoms with Crippen molar-refractivity contribution in [1.29, 1.82) is 0 Å². The SMILES string of the molecule is CCc1cc(OC(C)CN(C)C)c(F)c(C(Nc2ccc(-c3noc(C)n3)cc2)C2NC(=O)N(c3ccccn3)N2)c1.O=C(O)C(F)(F)F. The second-order valence-corrected chi connectivity index (χ2v) is 11.3. The van der Waals surface area contributed by atoms with Gasteiger partial charge in [0.05, 0.1) is 6.04 Å². The molecule has 1 aliphatic rings. The van der Waals surface area contributed by atoms with Gasteiger partial charge in [-0.05, 0) is 75.5 Å². The molecule has 0 bridgehead atoms. The minimum atomic E-state index is -5.08.